The summed E-state index contributed by atoms with van der Waals surface area (Å²) < 4.78 is 5.37. The largest absolute Gasteiger partial charge is 0.465 e. The first-order chi connectivity index (χ1) is 11.4. The third-order valence-corrected chi connectivity index (χ3v) is 3.83. The van der Waals surface area contributed by atoms with Gasteiger partial charge in [0.2, 0.25) is 5.95 Å². The smallest absolute Gasteiger partial charge is 0.311 e. The molecule has 0 amide bonds. The number of unbranched alkanes of at least 4 members (excludes halogenated alkanes) is 1. The zero-order chi connectivity index (χ0) is 17.6. The maximum atomic E-state index is 12.3. The molecule has 0 saturated heterocycles. The summed E-state index contributed by atoms with van der Waals surface area (Å²) in [7, 11) is 0. The minimum atomic E-state index is -0.572. The van der Waals surface area contributed by atoms with Crippen molar-refractivity contribution in [1.82, 2.24) is 9.97 Å². The van der Waals surface area contributed by atoms with Crippen LogP contribution in [-0.2, 0) is 16.0 Å². The molecule has 2 aromatic rings. The molecule has 2 N–H and O–H groups in total. The maximum Gasteiger partial charge on any atom is 0.311 e. The van der Waals surface area contributed by atoms with Crippen molar-refractivity contribution in [3.05, 3.63) is 42.1 Å². The topological polar surface area (TPSA) is 78.1 Å². The van der Waals surface area contributed by atoms with Crippen LogP contribution in [0.25, 0.3) is 11.3 Å². The van der Waals surface area contributed by atoms with E-state index in [9.17, 15) is 4.79 Å². The molecular weight excluding hydrogens is 302 g/mol. The number of esters is 1. The minimum absolute atomic E-state index is 0.160. The molecular formula is C19H25N3O2. The summed E-state index contributed by atoms with van der Waals surface area (Å²) in [4.78, 5) is 20.4. The molecule has 2 rings (SSSR count). The molecule has 128 valence electrons. The Kier molecular flexibility index (Phi) is 5.90. The fourth-order valence-electron chi connectivity index (χ4n) is 2.46. The minimum Gasteiger partial charge on any atom is -0.465 e. The van der Waals surface area contributed by atoms with Crippen LogP contribution < -0.4 is 5.73 Å². The fourth-order valence-corrected chi connectivity index (χ4v) is 2.46. The van der Waals surface area contributed by atoms with Crippen molar-refractivity contribution < 1.29 is 9.53 Å². The second-order valence-corrected chi connectivity index (χ2v) is 6.55. The average Bonchev–Trinajstić information content (AvgIpc) is 2.55. The van der Waals surface area contributed by atoms with E-state index >= 15 is 0 Å². The second-order valence-electron chi connectivity index (χ2n) is 6.55. The summed E-state index contributed by atoms with van der Waals surface area (Å²) in [6, 6.07) is 9.79. The maximum absolute atomic E-state index is 12.3. The average molecular weight is 327 g/mol. The summed E-state index contributed by atoms with van der Waals surface area (Å²) in [6.45, 7) is 6.39. The van der Waals surface area contributed by atoms with Gasteiger partial charge in [0.15, 0.2) is 0 Å². The fraction of sp³-hybridized carbons (Fsp3) is 0.421. The zero-order valence-corrected chi connectivity index (χ0v) is 14.6. The Hall–Kier alpha value is -2.43. The number of benzene rings is 1. The molecule has 5 heteroatoms. The molecule has 0 aliphatic rings. The number of nitrogens with zero attached hydrogens (tertiary/aromatic N) is 2. The Morgan fingerprint density at radius 3 is 2.79 bits per heavy atom. The molecule has 5 nitrogen and oxygen atoms in total. The SMILES string of the molecule is CCCCOC(=O)C(C)(C)Cc1cccc(-c2ccnc(N)n2)c1. The van der Waals surface area contributed by atoms with Crippen LogP contribution in [0.5, 0.6) is 0 Å². The van der Waals surface area contributed by atoms with Gasteiger partial charge in [0.1, 0.15) is 0 Å². The van der Waals surface area contributed by atoms with Gasteiger partial charge in [0.25, 0.3) is 0 Å². The Labute approximate surface area is 143 Å². The van der Waals surface area contributed by atoms with Crippen LogP contribution >= 0.6 is 0 Å². The molecule has 0 bridgehead atoms. The third-order valence-electron chi connectivity index (χ3n) is 3.83. The number of hydrogen-bond acceptors (Lipinski definition) is 5. The van der Waals surface area contributed by atoms with E-state index in [4.69, 9.17) is 10.5 Å². The number of ether oxygens (including phenoxy) is 1. The molecule has 0 fully saturated rings. The lowest BCUT2D eigenvalue weighted by molar-refractivity contribution is -0.154. The normalized spacial score (nSPS) is 11.3. The Morgan fingerprint density at radius 2 is 2.08 bits per heavy atom. The first-order valence-electron chi connectivity index (χ1n) is 8.27. The van der Waals surface area contributed by atoms with Crippen LogP contribution in [0.4, 0.5) is 5.95 Å². The van der Waals surface area contributed by atoms with Gasteiger partial charge in [0.05, 0.1) is 17.7 Å². The number of anilines is 1. The number of nitrogen functional groups attached to an aromatic ring is 1. The standard InChI is InChI=1S/C19H25N3O2/c1-4-5-11-24-17(23)19(2,3)13-14-7-6-8-15(12-14)16-9-10-21-18(20)22-16/h6-10,12H,4-5,11,13H2,1-3H3,(H2,20,21,22). The van der Waals surface area contributed by atoms with Crippen molar-refractivity contribution in [2.45, 2.75) is 40.0 Å². The van der Waals surface area contributed by atoms with E-state index in [0.717, 1.165) is 29.7 Å². The summed E-state index contributed by atoms with van der Waals surface area (Å²) in [6.07, 6.45) is 4.15. The van der Waals surface area contributed by atoms with E-state index in [1.54, 1.807) is 6.20 Å². The van der Waals surface area contributed by atoms with E-state index in [0.29, 0.717) is 13.0 Å². The van der Waals surface area contributed by atoms with E-state index in [2.05, 4.69) is 16.9 Å². The molecule has 0 aliphatic heterocycles. The van der Waals surface area contributed by atoms with Gasteiger partial charge in [-0.1, -0.05) is 31.5 Å². The van der Waals surface area contributed by atoms with Crippen LogP contribution in [0.3, 0.4) is 0 Å². The molecule has 0 unspecified atom stereocenters. The molecule has 0 spiro atoms. The highest BCUT2D eigenvalue weighted by Crippen LogP contribution is 2.26. The lowest BCUT2D eigenvalue weighted by atomic mass is 9.85. The summed E-state index contributed by atoms with van der Waals surface area (Å²) in [5, 5.41) is 0. The number of carbonyl (C=O) groups excluding carboxylic acids is 1. The van der Waals surface area contributed by atoms with Gasteiger partial charge >= 0.3 is 5.97 Å². The first-order valence-corrected chi connectivity index (χ1v) is 8.27. The van der Waals surface area contributed by atoms with Gasteiger partial charge < -0.3 is 10.5 Å². The molecule has 0 radical (unpaired) electrons. The number of aromatic nitrogens is 2. The van der Waals surface area contributed by atoms with E-state index in [-0.39, 0.29) is 11.9 Å². The van der Waals surface area contributed by atoms with Gasteiger partial charge in [-0.2, -0.15) is 0 Å². The van der Waals surface area contributed by atoms with Gasteiger partial charge in [-0.15, -0.1) is 0 Å². The summed E-state index contributed by atoms with van der Waals surface area (Å²) in [5.41, 5.74) is 7.86. The quantitative estimate of drug-likeness (QED) is 0.620. The van der Waals surface area contributed by atoms with Gasteiger partial charge in [0, 0.05) is 11.8 Å². The van der Waals surface area contributed by atoms with Crippen LogP contribution in [-0.4, -0.2) is 22.5 Å². The molecule has 1 aromatic carbocycles. The third kappa shape index (κ3) is 4.78. The molecule has 24 heavy (non-hydrogen) atoms. The molecule has 0 aliphatic carbocycles. The van der Waals surface area contributed by atoms with Crippen molar-refractivity contribution in [3.8, 4) is 11.3 Å². The predicted octanol–water partition coefficient (Wildman–Crippen LogP) is 3.64. The highest BCUT2D eigenvalue weighted by atomic mass is 16.5. The lowest BCUT2D eigenvalue weighted by Crippen LogP contribution is -2.29. The second kappa shape index (κ2) is 7.90. The van der Waals surface area contributed by atoms with Crippen LogP contribution in [0, 0.1) is 5.41 Å². The molecule has 1 aromatic heterocycles. The van der Waals surface area contributed by atoms with Gasteiger partial charge in [-0.25, -0.2) is 9.97 Å². The van der Waals surface area contributed by atoms with Crippen LogP contribution in [0.15, 0.2) is 36.5 Å². The number of carbonyl (C=O) groups is 1. The first kappa shape index (κ1) is 17.9. The van der Waals surface area contributed by atoms with Gasteiger partial charge in [-0.05, 0) is 44.4 Å². The Morgan fingerprint density at radius 1 is 1.29 bits per heavy atom. The van der Waals surface area contributed by atoms with E-state index in [1.807, 2.05) is 44.2 Å². The highest BCUT2D eigenvalue weighted by Gasteiger charge is 2.29. The van der Waals surface area contributed by atoms with Crippen LogP contribution in [0.2, 0.25) is 0 Å². The highest BCUT2D eigenvalue weighted by molar-refractivity contribution is 5.76. The molecule has 0 atom stereocenters. The van der Waals surface area contributed by atoms with Crippen LogP contribution in [0.1, 0.15) is 39.2 Å². The van der Waals surface area contributed by atoms with Crippen molar-refractivity contribution in [2.24, 2.45) is 5.41 Å². The summed E-state index contributed by atoms with van der Waals surface area (Å²) in [5.74, 6) is 0.0883. The molecule has 1 heterocycles. The summed E-state index contributed by atoms with van der Waals surface area (Å²) >= 11 is 0. The predicted molar refractivity (Wildman–Crippen MR) is 95.2 cm³/mol. The number of nitrogens with two attached hydrogens (primary N) is 1. The van der Waals surface area contributed by atoms with Crippen molar-refractivity contribution in [2.75, 3.05) is 12.3 Å². The van der Waals surface area contributed by atoms with Crippen molar-refractivity contribution in [3.63, 3.8) is 0 Å². The van der Waals surface area contributed by atoms with Crippen molar-refractivity contribution >= 4 is 11.9 Å². The number of hydrogen-bond donors (Lipinski definition) is 1. The van der Waals surface area contributed by atoms with Crippen molar-refractivity contribution in [1.29, 1.82) is 0 Å². The zero-order valence-electron chi connectivity index (χ0n) is 14.6. The van der Waals surface area contributed by atoms with Gasteiger partial charge in [-0.3, -0.25) is 4.79 Å². The number of rotatable bonds is 7. The molecule has 0 saturated carbocycles. The van der Waals surface area contributed by atoms with E-state index in [1.165, 1.54) is 0 Å². The lowest BCUT2D eigenvalue weighted by Gasteiger charge is -2.23. The Balaban J connectivity index is 2.12. The Bertz CT molecular complexity index is 699. The van der Waals surface area contributed by atoms with E-state index < -0.39 is 5.41 Å². The monoisotopic (exact) mass is 327 g/mol.